The number of hydrogen-bond donors (Lipinski definition) is 3. The van der Waals surface area contributed by atoms with E-state index in [0.29, 0.717) is 6.42 Å². The van der Waals surface area contributed by atoms with E-state index in [1.807, 2.05) is 51.2 Å². The van der Waals surface area contributed by atoms with E-state index in [1.165, 1.54) is 0 Å². The molecule has 0 saturated carbocycles. The number of H-pyrrole nitrogens is 1. The molecule has 0 fully saturated rings. The number of benzene rings is 1. The minimum absolute atomic E-state index is 0.156. The number of hydrogen-bond acceptors (Lipinski definition) is 4. The van der Waals surface area contributed by atoms with Crippen molar-refractivity contribution in [3.05, 3.63) is 63.8 Å². The Hall–Kier alpha value is -2.53. The number of aromatic nitrogens is 1. The second-order valence-corrected chi connectivity index (χ2v) is 5.58. The van der Waals surface area contributed by atoms with Crippen molar-refractivity contribution in [3.8, 4) is 5.75 Å². The van der Waals surface area contributed by atoms with Gasteiger partial charge in [-0.25, -0.2) is 0 Å². The predicted molar refractivity (Wildman–Crippen MR) is 99.0 cm³/mol. The Balaban J connectivity index is 0.00000109. The summed E-state index contributed by atoms with van der Waals surface area (Å²) in [4.78, 5) is 15.1. The third-order valence-corrected chi connectivity index (χ3v) is 4.05. The molecule has 2 aromatic heterocycles. The Labute approximate surface area is 146 Å². The largest absolute Gasteiger partial charge is 0.502 e. The molecule has 5 nitrogen and oxygen atoms in total. The molecule has 1 atom stereocenters. The first-order valence-corrected chi connectivity index (χ1v) is 8.68. The van der Waals surface area contributed by atoms with Crippen LogP contribution in [0.5, 0.6) is 5.75 Å². The zero-order valence-corrected chi connectivity index (χ0v) is 14.9. The van der Waals surface area contributed by atoms with Crippen LogP contribution in [-0.2, 0) is 6.61 Å². The summed E-state index contributed by atoms with van der Waals surface area (Å²) in [6, 6.07) is 8.98. The highest BCUT2D eigenvalue weighted by molar-refractivity contribution is 5.84. The van der Waals surface area contributed by atoms with E-state index in [2.05, 4.69) is 4.98 Å². The number of nitrogens with one attached hydrogen (secondary N) is 1. The van der Waals surface area contributed by atoms with Gasteiger partial charge in [-0.15, -0.1) is 0 Å². The Bertz CT molecular complexity index is 879. The van der Waals surface area contributed by atoms with Gasteiger partial charge in [0.25, 0.3) is 0 Å². The molecule has 3 aromatic rings. The van der Waals surface area contributed by atoms with E-state index in [4.69, 9.17) is 4.42 Å². The number of rotatable bonds is 5. The highest BCUT2D eigenvalue weighted by Crippen LogP contribution is 2.37. The molecule has 0 saturated heterocycles. The highest BCUT2D eigenvalue weighted by Gasteiger charge is 2.25. The van der Waals surface area contributed by atoms with Gasteiger partial charge >= 0.3 is 0 Å². The first-order chi connectivity index (χ1) is 12.2. The maximum absolute atomic E-state index is 11.9. The van der Waals surface area contributed by atoms with Crippen molar-refractivity contribution in [1.29, 1.82) is 0 Å². The van der Waals surface area contributed by atoms with Crippen LogP contribution in [0.2, 0.25) is 0 Å². The fourth-order valence-corrected chi connectivity index (χ4v) is 2.97. The second kappa shape index (κ2) is 8.53. The first kappa shape index (κ1) is 18.8. The molecule has 3 rings (SSSR count). The van der Waals surface area contributed by atoms with Crippen molar-refractivity contribution >= 4 is 10.9 Å². The fourth-order valence-electron chi connectivity index (χ4n) is 2.97. The van der Waals surface area contributed by atoms with E-state index >= 15 is 0 Å². The Morgan fingerprint density at radius 3 is 2.64 bits per heavy atom. The third kappa shape index (κ3) is 3.77. The van der Waals surface area contributed by atoms with Gasteiger partial charge in [-0.3, -0.25) is 4.79 Å². The lowest BCUT2D eigenvalue weighted by atomic mass is 9.91. The first-order valence-electron chi connectivity index (χ1n) is 8.68. The lowest BCUT2D eigenvalue weighted by Crippen LogP contribution is -2.09. The standard InChI is InChI=1S/C18H19NO4.C2H6/c1-2-5-13(14-9-19-15-7-4-3-6-12(14)15)18-17(22)16(21)8-11(10-20)23-18;1-2/h3-4,6-9,13,19-20,22H,2,5,10H2,1H3;1-2H3. The van der Waals surface area contributed by atoms with Crippen LogP contribution >= 0.6 is 0 Å². The van der Waals surface area contributed by atoms with Crippen molar-refractivity contribution in [1.82, 2.24) is 4.98 Å². The van der Waals surface area contributed by atoms with Gasteiger partial charge in [0.1, 0.15) is 12.4 Å². The summed E-state index contributed by atoms with van der Waals surface area (Å²) >= 11 is 0. The van der Waals surface area contributed by atoms with Crippen LogP contribution in [-0.4, -0.2) is 15.2 Å². The van der Waals surface area contributed by atoms with Gasteiger partial charge in [0.05, 0.1) is 0 Å². The van der Waals surface area contributed by atoms with Gasteiger partial charge in [0.15, 0.2) is 5.76 Å². The molecule has 1 unspecified atom stereocenters. The topological polar surface area (TPSA) is 86.5 Å². The van der Waals surface area contributed by atoms with Crippen LogP contribution in [0.15, 0.2) is 45.7 Å². The number of para-hydroxylation sites is 1. The van der Waals surface area contributed by atoms with Gasteiger partial charge in [0.2, 0.25) is 11.2 Å². The van der Waals surface area contributed by atoms with Crippen LogP contribution in [0.3, 0.4) is 0 Å². The highest BCUT2D eigenvalue weighted by atomic mass is 16.4. The van der Waals surface area contributed by atoms with Crippen LogP contribution in [0.4, 0.5) is 0 Å². The zero-order chi connectivity index (χ0) is 18.4. The molecule has 0 aliphatic rings. The average Bonchev–Trinajstić information content (AvgIpc) is 3.08. The summed E-state index contributed by atoms with van der Waals surface area (Å²) in [5, 5.41) is 20.5. The predicted octanol–water partition coefficient (Wildman–Crippen LogP) is 4.28. The van der Waals surface area contributed by atoms with Gasteiger partial charge in [-0.2, -0.15) is 0 Å². The molecule has 0 bridgehead atoms. The molecule has 1 aromatic carbocycles. The van der Waals surface area contributed by atoms with Crippen molar-refractivity contribution in [2.45, 2.75) is 46.1 Å². The van der Waals surface area contributed by atoms with E-state index < -0.39 is 5.43 Å². The Kier molecular flexibility index (Phi) is 6.42. The summed E-state index contributed by atoms with van der Waals surface area (Å²) in [6.45, 7) is 5.65. The molecular weight excluding hydrogens is 318 g/mol. The van der Waals surface area contributed by atoms with Crippen molar-refractivity contribution < 1.29 is 14.6 Å². The minimum atomic E-state index is -0.531. The second-order valence-electron chi connectivity index (χ2n) is 5.58. The van der Waals surface area contributed by atoms with Crippen LogP contribution in [0, 0.1) is 0 Å². The van der Waals surface area contributed by atoms with Crippen molar-refractivity contribution in [2.24, 2.45) is 0 Å². The lowest BCUT2D eigenvalue weighted by Gasteiger charge is -2.16. The van der Waals surface area contributed by atoms with Crippen LogP contribution < -0.4 is 5.43 Å². The fraction of sp³-hybridized carbons (Fsp3) is 0.350. The normalized spacial score (nSPS) is 11.8. The van der Waals surface area contributed by atoms with Crippen molar-refractivity contribution in [3.63, 3.8) is 0 Å². The molecule has 0 aliphatic heterocycles. The van der Waals surface area contributed by atoms with Gasteiger partial charge in [0, 0.05) is 29.1 Å². The lowest BCUT2D eigenvalue weighted by molar-refractivity contribution is 0.233. The molecule has 2 heterocycles. The third-order valence-electron chi connectivity index (χ3n) is 4.05. The smallest absolute Gasteiger partial charge is 0.227 e. The average molecular weight is 343 g/mol. The quantitative estimate of drug-likeness (QED) is 0.645. The molecule has 25 heavy (non-hydrogen) atoms. The molecule has 0 radical (unpaired) electrons. The molecular formula is C20H25NO4. The number of aliphatic hydroxyl groups excluding tert-OH is 1. The van der Waals surface area contributed by atoms with Gasteiger partial charge in [-0.05, 0) is 18.1 Å². The van der Waals surface area contributed by atoms with E-state index in [1.54, 1.807) is 0 Å². The van der Waals surface area contributed by atoms with Gasteiger partial charge in [-0.1, -0.05) is 45.4 Å². The SMILES string of the molecule is CC.CCCC(c1oc(CO)cc(=O)c1O)c1c[nH]c2ccccc12. The summed E-state index contributed by atoms with van der Waals surface area (Å²) in [5.41, 5.74) is 1.43. The van der Waals surface area contributed by atoms with E-state index in [9.17, 15) is 15.0 Å². The molecule has 0 amide bonds. The van der Waals surface area contributed by atoms with Gasteiger partial charge < -0.3 is 19.6 Å². The number of fused-ring (bicyclic) bond motifs is 1. The molecule has 5 heteroatoms. The monoisotopic (exact) mass is 343 g/mol. The zero-order valence-electron chi connectivity index (χ0n) is 14.9. The van der Waals surface area contributed by atoms with E-state index in [0.717, 1.165) is 29.0 Å². The number of aromatic hydroxyl groups is 1. The van der Waals surface area contributed by atoms with E-state index in [-0.39, 0.29) is 29.8 Å². The Morgan fingerprint density at radius 1 is 1.24 bits per heavy atom. The minimum Gasteiger partial charge on any atom is -0.502 e. The van der Waals surface area contributed by atoms with Crippen LogP contribution in [0.1, 0.15) is 56.6 Å². The van der Waals surface area contributed by atoms with Crippen LogP contribution in [0.25, 0.3) is 10.9 Å². The maximum Gasteiger partial charge on any atom is 0.227 e. The molecule has 0 aliphatic carbocycles. The summed E-state index contributed by atoms with van der Waals surface area (Å²) in [7, 11) is 0. The maximum atomic E-state index is 11.9. The molecule has 3 N–H and O–H groups in total. The molecule has 134 valence electrons. The van der Waals surface area contributed by atoms with Crippen molar-refractivity contribution in [2.75, 3.05) is 0 Å². The molecule has 0 spiro atoms. The Morgan fingerprint density at radius 2 is 1.96 bits per heavy atom. The number of aliphatic hydroxyl groups is 1. The summed E-state index contributed by atoms with van der Waals surface area (Å²) in [6.07, 6.45) is 3.46. The summed E-state index contributed by atoms with van der Waals surface area (Å²) < 4.78 is 5.61. The number of aromatic amines is 1. The summed E-state index contributed by atoms with van der Waals surface area (Å²) in [5.74, 6) is -0.266.